The summed E-state index contributed by atoms with van der Waals surface area (Å²) in [4.78, 5) is 17.7. The van der Waals surface area contributed by atoms with E-state index in [0.717, 1.165) is 15.1 Å². The van der Waals surface area contributed by atoms with E-state index in [1.807, 2.05) is 24.5 Å². The number of thiazole rings is 1. The van der Waals surface area contributed by atoms with Crippen LogP contribution in [0.1, 0.15) is 10.4 Å². The maximum Gasteiger partial charge on any atom is 0.258 e. The highest BCUT2D eigenvalue weighted by atomic mass is 35.5. The van der Waals surface area contributed by atoms with Crippen molar-refractivity contribution in [3.05, 3.63) is 52.0 Å². The van der Waals surface area contributed by atoms with Crippen LogP contribution in [0.2, 0.25) is 10.0 Å². The van der Waals surface area contributed by atoms with Gasteiger partial charge in [-0.2, -0.15) is 0 Å². The van der Waals surface area contributed by atoms with Gasteiger partial charge < -0.3 is 0 Å². The van der Waals surface area contributed by atoms with Gasteiger partial charge in [0.15, 0.2) is 5.13 Å². The lowest BCUT2D eigenvalue weighted by atomic mass is 10.2. The average molecular weight is 369 g/mol. The number of rotatable bonds is 3. The van der Waals surface area contributed by atoms with Crippen molar-refractivity contribution in [1.82, 2.24) is 4.98 Å². The summed E-state index contributed by atoms with van der Waals surface area (Å²) in [5.74, 6) is -0.272. The summed E-state index contributed by atoms with van der Waals surface area (Å²) in [5.41, 5.74) is 1.24. The summed E-state index contributed by atoms with van der Waals surface area (Å²) in [6, 6.07) is 10.8. The number of aromatic nitrogens is 1. The summed E-state index contributed by atoms with van der Waals surface area (Å²) in [6.07, 6.45) is 1.95. The third-order valence-electron chi connectivity index (χ3n) is 2.99. The molecule has 1 aromatic heterocycles. The van der Waals surface area contributed by atoms with Crippen LogP contribution >= 0.6 is 46.3 Å². The Bertz CT molecular complexity index is 864. The molecule has 3 rings (SSSR count). The van der Waals surface area contributed by atoms with Gasteiger partial charge in [0.05, 0.1) is 20.8 Å². The number of nitrogens with one attached hydrogen (secondary N) is 1. The summed E-state index contributed by atoms with van der Waals surface area (Å²) < 4.78 is 0.923. The lowest BCUT2D eigenvalue weighted by Crippen LogP contribution is -2.12. The minimum absolute atomic E-state index is 0.272. The van der Waals surface area contributed by atoms with Crippen molar-refractivity contribution in [2.24, 2.45) is 0 Å². The van der Waals surface area contributed by atoms with Crippen LogP contribution in [0.4, 0.5) is 5.13 Å². The summed E-state index contributed by atoms with van der Waals surface area (Å²) >= 11 is 15.0. The first-order chi connectivity index (χ1) is 10.6. The van der Waals surface area contributed by atoms with Crippen molar-refractivity contribution in [2.75, 3.05) is 11.6 Å². The Kier molecular flexibility index (Phi) is 4.59. The molecule has 0 aliphatic heterocycles. The molecule has 3 nitrogen and oxygen atoms in total. The standard InChI is InChI=1S/C15H10Cl2N2OS2/c1-21-9-3-4-11(17)10(7-9)14(20)19-15-18-12-5-2-8(16)6-13(12)22-15/h2-7H,1H3,(H,18,19,20). The van der Waals surface area contributed by atoms with E-state index in [2.05, 4.69) is 10.3 Å². The molecule has 1 N–H and O–H groups in total. The molecule has 0 fully saturated rings. The van der Waals surface area contributed by atoms with Crippen LogP contribution < -0.4 is 5.32 Å². The van der Waals surface area contributed by atoms with Gasteiger partial charge in [-0.05, 0) is 42.7 Å². The molecular weight excluding hydrogens is 359 g/mol. The Morgan fingerprint density at radius 3 is 2.82 bits per heavy atom. The van der Waals surface area contributed by atoms with E-state index >= 15 is 0 Å². The monoisotopic (exact) mass is 368 g/mol. The van der Waals surface area contributed by atoms with E-state index in [-0.39, 0.29) is 5.91 Å². The predicted molar refractivity (Wildman–Crippen MR) is 95.8 cm³/mol. The molecule has 0 aliphatic rings. The predicted octanol–water partition coefficient (Wildman–Crippen LogP) is 5.58. The molecule has 3 aromatic rings. The highest BCUT2D eigenvalue weighted by molar-refractivity contribution is 7.98. The van der Waals surface area contributed by atoms with E-state index in [1.54, 1.807) is 30.0 Å². The fourth-order valence-electron chi connectivity index (χ4n) is 1.92. The molecule has 0 unspecified atom stereocenters. The molecule has 7 heteroatoms. The van der Waals surface area contributed by atoms with Crippen molar-refractivity contribution < 1.29 is 4.79 Å². The van der Waals surface area contributed by atoms with E-state index in [4.69, 9.17) is 23.2 Å². The van der Waals surface area contributed by atoms with Gasteiger partial charge in [0.2, 0.25) is 0 Å². The molecule has 0 atom stereocenters. The lowest BCUT2D eigenvalue weighted by molar-refractivity contribution is 0.102. The van der Waals surface area contributed by atoms with Crippen LogP contribution in [0.3, 0.4) is 0 Å². The summed E-state index contributed by atoms with van der Waals surface area (Å²) in [7, 11) is 0. The number of benzene rings is 2. The molecule has 0 bridgehead atoms. The largest absolute Gasteiger partial charge is 0.298 e. The summed E-state index contributed by atoms with van der Waals surface area (Å²) in [6.45, 7) is 0. The number of halogens is 2. The van der Waals surface area contributed by atoms with Crippen molar-refractivity contribution in [2.45, 2.75) is 4.90 Å². The number of carbonyl (C=O) groups excluding carboxylic acids is 1. The van der Waals surface area contributed by atoms with Crippen molar-refractivity contribution in [1.29, 1.82) is 0 Å². The number of fused-ring (bicyclic) bond motifs is 1. The van der Waals surface area contributed by atoms with Crippen LogP contribution in [0.5, 0.6) is 0 Å². The normalized spacial score (nSPS) is 10.9. The topological polar surface area (TPSA) is 42.0 Å². The first kappa shape index (κ1) is 15.6. The third-order valence-corrected chi connectivity index (χ3v) is 5.21. The van der Waals surface area contributed by atoms with Crippen molar-refractivity contribution in [3.8, 4) is 0 Å². The SMILES string of the molecule is CSc1ccc(Cl)c(C(=O)Nc2nc3ccc(Cl)cc3s2)c1. The number of amides is 1. The molecule has 0 saturated carbocycles. The van der Waals surface area contributed by atoms with Gasteiger partial charge in [0, 0.05) is 9.92 Å². The maximum atomic E-state index is 12.4. The second kappa shape index (κ2) is 6.46. The molecule has 22 heavy (non-hydrogen) atoms. The van der Waals surface area contributed by atoms with Gasteiger partial charge in [-0.25, -0.2) is 4.98 Å². The number of nitrogens with zero attached hydrogens (tertiary/aromatic N) is 1. The highest BCUT2D eigenvalue weighted by Gasteiger charge is 2.14. The second-order valence-corrected chi connectivity index (χ2v) is 7.18. The Labute approximate surface area is 145 Å². The molecule has 0 spiro atoms. The smallest absolute Gasteiger partial charge is 0.258 e. The van der Waals surface area contributed by atoms with Gasteiger partial charge in [-0.15, -0.1) is 11.8 Å². The fraction of sp³-hybridized carbons (Fsp3) is 0.0667. The minimum Gasteiger partial charge on any atom is -0.298 e. The maximum absolute atomic E-state index is 12.4. The van der Waals surface area contributed by atoms with Crippen LogP contribution in [-0.2, 0) is 0 Å². The molecule has 1 heterocycles. The molecule has 2 aromatic carbocycles. The van der Waals surface area contributed by atoms with Gasteiger partial charge in [-0.3, -0.25) is 10.1 Å². The molecule has 1 amide bonds. The molecular formula is C15H10Cl2N2OS2. The zero-order valence-electron chi connectivity index (χ0n) is 11.4. The third kappa shape index (κ3) is 3.22. The molecule has 0 saturated heterocycles. The van der Waals surface area contributed by atoms with Crippen molar-refractivity contribution >= 4 is 67.6 Å². The first-order valence-electron chi connectivity index (χ1n) is 6.28. The number of carbonyl (C=O) groups is 1. The zero-order chi connectivity index (χ0) is 15.7. The van der Waals surface area contributed by atoms with Gasteiger partial charge in [-0.1, -0.05) is 34.5 Å². The highest BCUT2D eigenvalue weighted by Crippen LogP contribution is 2.29. The number of hydrogen-bond donors (Lipinski definition) is 1. The van der Waals surface area contributed by atoms with E-state index in [1.165, 1.54) is 11.3 Å². The fourth-order valence-corrected chi connectivity index (χ4v) is 3.70. The molecule has 112 valence electrons. The summed E-state index contributed by atoms with van der Waals surface area (Å²) in [5, 5.41) is 4.37. The van der Waals surface area contributed by atoms with E-state index in [9.17, 15) is 4.79 Å². The Balaban J connectivity index is 1.89. The number of hydrogen-bond acceptors (Lipinski definition) is 4. The van der Waals surface area contributed by atoms with Crippen molar-refractivity contribution in [3.63, 3.8) is 0 Å². The van der Waals surface area contributed by atoms with Gasteiger partial charge in [0.1, 0.15) is 0 Å². The van der Waals surface area contributed by atoms with Crippen LogP contribution in [0, 0.1) is 0 Å². The Morgan fingerprint density at radius 1 is 1.23 bits per heavy atom. The molecule has 0 radical (unpaired) electrons. The minimum atomic E-state index is -0.272. The zero-order valence-corrected chi connectivity index (χ0v) is 14.5. The van der Waals surface area contributed by atoms with Crippen LogP contribution in [0.25, 0.3) is 10.2 Å². The average Bonchev–Trinajstić information content (AvgIpc) is 2.88. The van der Waals surface area contributed by atoms with Crippen LogP contribution in [-0.4, -0.2) is 17.1 Å². The second-order valence-electron chi connectivity index (χ2n) is 4.43. The molecule has 0 aliphatic carbocycles. The van der Waals surface area contributed by atoms with E-state index in [0.29, 0.717) is 20.7 Å². The quantitative estimate of drug-likeness (QED) is 0.613. The van der Waals surface area contributed by atoms with Gasteiger partial charge >= 0.3 is 0 Å². The van der Waals surface area contributed by atoms with Gasteiger partial charge in [0.25, 0.3) is 5.91 Å². The Hall–Kier alpha value is -1.27. The van der Waals surface area contributed by atoms with E-state index < -0.39 is 0 Å². The first-order valence-corrected chi connectivity index (χ1v) is 9.07. The lowest BCUT2D eigenvalue weighted by Gasteiger charge is -2.05. The van der Waals surface area contributed by atoms with Crippen LogP contribution in [0.15, 0.2) is 41.3 Å². The number of thioether (sulfide) groups is 1. The Morgan fingerprint density at radius 2 is 2.05 bits per heavy atom. The number of anilines is 1.